The summed E-state index contributed by atoms with van der Waals surface area (Å²) in [6.07, 6.45) is 9.15. The zero-order valence-electron chi connectivity index (χ0n) is 16.2. The van der Waals surface area contributed by atoms with Crippen molar-refractivity contribution < 1.29 is 24.1 Å². The van der Waals surface area contributed by atoms with Crippen LogP contribution < -0.4 is 0 Å². The zero-order chi connectivity index (χ0) is 19.3. The Morgan fingerprint density at radius 3 is 2.89 bits per heavy atom. The molecule has 2 saturated heterocycles. The van der Waals surface area contributed by atoms with Crippen molar-refractivity contribution in [2.75, 3.05) is 6.61 Å². The van der Waals surface area contributed by atoms with Crippen molar-refractivity contribution in [3.63, 3.8) is 0 Å². The Kier molecular flexibility index (Phi) is 6.45. The Morgan fingerprint density at radius 2 is 2.11 bits per heavy atom. The molecule has 2 aliphatic heterocycles. The summed E-state index contributed by atoms with van der Waals surface area (Å²) < 4.78 is 17.4. The van der Waals surface area contributed by atoms with Crippen molar-refractivity contribution in [3.05, 3.63) is 48.0 Å². The molecule has 4 rings (SSSR count). The van der Waals surface area contributed by atoms with E-state index in [-0.39, 0.29) is 36.3 Å². The van der Waals surface area contributed by atoms with Gasteiger partial charge in [0.05, 0.1) is 18.6 Å². The van der Waals surface area contributed by atoms with Gasteiger partial charge in [-0.2, -0.15) is 0 Å². The minimum atomic E-state index is -0.458. The summed E-state index contributed by atoms with van der Waals surface area (Å²) in [7, 11) is 0. The van der Waals surface area contributed by atoms with Gasteiger partial charge in [-0.15, -0.1) is 0 Å². The molecule has 5 nitrogen and oxygen atoms in total. The van der Waals surface area contributed by atoms with Crippen LogP contribution in [0.4, 0.5) is 0 Å². The lowest BCUT2D eigenvalue weighted by Gasteiger charge is -2.27. The third-order valence-electron chi connectivity index (χ3n) is 6.15. The fourth-order valence-electron chi connectivity index (χ4n) is 4.62. The molecule has 2 heterocycles. The first-order valence-corrected chi connectivity index (χ1v) is 10.6. The number of aliphatic hydroxyl groups is 1. The topological polar surface area (TPSA) is 65.0 Å². The van der Waals surface area contributed by atoms with E-state index in [2.05, 4.69) is 36.4 Å². The predicted molar refractivity (Wildman–Crippen MR) is 104 cm³/mol. The number of ether oxygens (including phenoxy) is 3. The van der Waals surface area contributed by atoms with Crippen LogP contribution in [0.3, 0.4) is 0 Å². The van der Waals surface area contributed by atoms with E-state index in [0.717, 1.165) is 38.7 Å². The predicted octanol–water partition coefficient (Wildman–Crippen LogP) is 3.40. The molecule has 3 aliphatic rings. The number of esters is 1. The molecule has 3 fully saturated rings. The number of aliphatic hydroxyl groups excluding tert-OH is 1. The van der Waals surface area contributed by atoms with Crippen molar-refractivity contribution in [1.82, 2.24) is 0 Å². The summed E-state index contributed by atoms with van der Waals surface area (Å²) in [6, 6.07) is 10.4. The Labute approximate surface area is 166 Å². The maximum atomic E-state index is 11.6. The summed E-state index contributed by atoms with van der Waals surface area (Å²) in [4.78, 5) is 11.6. The second kappa shape index (κ2) is 9.21. The highest BCUT2D eigenvalue weighted by Gasteiger charge is 2.48. The molecule has 1 aromatic carbocycles. The number of rotatable bonds is 7. The van der Waals surface area contributed by atoms with Crippen LogP contribution in [-0.2, 0) is 25.4 Å². The largest absolute Gasteiger partial charge is 0.462 e. The standard InChI is InChI=1S/C23H30O5/c24-20-15-21-19(14-22(25)28-21)18(20)12-11-17(27-23-8-4-5-13-26-23)10-9-16-6-2-1-3-7-16/h1-3,6-7,11-12,17-21,23-24H,4-5,8-10,13-15H2/t17-,18+,19+,20+,21?,23?/m0/s1. The summed E-state index contributed by atoms with van der Waals surface area (Å²) in [6.45, 7) is 0.754. The Hall–Kier alpha value is -1.69. The normalized spacial score (nSPS) is 33.8. The quantitative estimate of drug-likeness (QED) is 0.575. The molecule has 2 unspecified atom stereocenters. The van der Waals surface area contributed by atoms with Crippen LogP contribution in [-0.4, -0.2) is 42.3 Å². The highest BCUT2D eigenvalue weighted by Crippen LogP contribution is 2.42. The van der Waals surface area contributed by atoms with Gasteiger partial charge in [0.1, 0.15) is 6.10 Å². The van der Waals surface area contributed by atoms with Gasteiger partial charge in [-0.25, -0.2) is 0 Å². The molecule has 1 aromatic rings. The highest BCUT2D eigenvalue weighted by molar-refractivity contribution is 5.72. The number of benzene rings is 1. The lowest BCUT2D eigenvalue weighted by molar-refractivity contribution is -0.179. The number of carbonyl (C=O) groups excluding carboxylic acids is 1. The Balaban J connectivity index is 1.41. The third-order valence-corrected chi connectivity index (χ3v) is 6.15. The summed E-state index contributed by atoms with van der Waals surface area (Å²) in [5.74, 6) is -0.112. The molecule has 1 aliphatic carbocycles. The van der Waals surface area contributed by atoms with Crippen LogP contribution in [0.15, 0.2) is 42.5 Å². The fraction of sp³-hybridized carbons (Fsp3) is 0.609. The molecule has 1 saturated carbocycles. The van der Waals surface area contributed by atoms with Gasteiger partial charge >= 0.3 is 5.97 Å². The minimum absolute atomic E-state index is 0.0495. The molecule has 0 spiro atoms. The molecule has 6 atom stereocenters. The fourth-order valence-corrected chi connectivity index (χ4v) is 4.62. The lowest BCUT2D eigenvalue weighted by atomic mass is 9.91. The molecule has 0 radical (unpaired) electrons. The van der Waals surface area contributed by atoms with Crippen LogP contribution in [0.1, 0.15) is 44.1 Å². The third kappa shape index (κ3) is 4.83. The lowest BCUT2D eigenvalue weighted by Crippen LogP contribution is -2.28. The summed E-state index contributed by atoms with van der Waals surface area (Å²) >= 11 is 0. The summed E-state index contributed by atoms with van der Waals surface area (Å²) in [5.41, 5.74) is 1.28. The number of carbonyl (C=O) groups is 1. The van der Waals surface area contributed by atoms with E-state index >= 15 is 0 Å². The minimum Gasteiger partial charge on any atom is -0.462 e. The highest BCUT2D eigenvalue weighted by atomic mass is 16.7. The van der Waals surface area contributed by atoms with Crippen molar-refractivity contribution >= 4 is 5.97 Å². The molecule has 0 bridgehead atoms. The van der Waals surface area contributed by atoms with Gasteiger partial charge in [0.2, 0.25) is 0 Å². The van der Waals surface area contributed by atoms with Gasteiger partial charge in [0, 0.05) is 24.9 Å². The number of hydrogen-bond acceptors (Lipinski definition) is 5. The van der Waals surface area contributed by atoms with Gasteiger partial charge in [0.15, 0.2) is 6.29 Å². The van der Waals surface area contributed by atoms with E-state index in [1.807, 2.05) is 6.07 Å². The maximum absolute atomic E-state index is 11.6. The average Bonchev–Trinajstić information content (AvgIpc) is 3.20. The van der Waals surface area contributed by atoms with Crippen molar-refractivity contribution in [2.45, 2.75) is 69.5 Å². The van der Waals surface area contributed by atoms with Gasteiger partial charge in [0.25, 0.3) is 0 Å². The monoisotopic (exact) mass is 386 g/mol. The van der Waals surface area contributed by atoms with Crippen molar-refractivity contribution in [2.24, 2.45) is 11.8 Å². The second-order valence-corrected chi connectivity index (χ2v) is 8.16. The van der Waals surface area contributed by atoms with Crippen LogP contribution in [0.2, 0.25) is 0 Å². The Bertz CT molecular complexity index is 667. The van der Waals surface area contributed by atoms with Crippen LogP contribution in [0, 0.1) is 11.8 Å². The number of fused-ring (bicyclic) bond motifs is 1. The van der Waals surface area contributed by atoms with E-state index in [4.69, 9.17) is 14.2 Å². The molecule has 0 aromatic heterocycles. The molecule has 0 amide bonds. The van der Waals surface area contributed by atoms with Gasteiger partial charge in [-0.05, 0) is 37.7 Å². The van der Waals surface area contributed by atoms with Crippen molar-refractivity contribution in [3.8, 4) is 0 Å². The molecule has 1 N–H and O–H groups in total. The average molecular weight is 386 g/mol. The first kappa shape index (κ1) is 19.6. The van der Waals surface area contributed by atoms with E-state index in [1.165, 1.54) is 5.56 Å². The van der Waals surface area contributed by atoms with Crippen molar-refractivity contribution in [1.29, 1.82) is 0 Å². The van der Waals surface area contributed by atoms with Gasteiger partial charge in [-0.3, -0.25) is 4.79 Å². The van der Waals surface area contributed by atoms with Crippen LogP contribution >= 0.6 is 0 Å². The van der Waals surface area contributed by atoms with E-state index in [1.54, 1.807) is 0 Å². The van der Waals surface area contributed by atoms with Gasteiger partial charge < -0.3 is 19.3 Å². The first-order chi connectivity index (χ1) is 13.7. The smallest absolute Gasteiger partial charge is 0.306 e. The SMILES string of the molecule is O=C1C[C@H]2C(C[C@@H](O)[C@@H]2C=C[C@H](CCc2ccccc2)OC2CCCCO2)O1. The van der Waals surface area contributed by atoms with Gasteiger partial charge in [-0.1, -0.05) is 42.5 Å². The number of hydrogen-bond donors (Lipinski definition) is 1. The summed E-state index contributed by atoms with van der Waals surface area (Å²) in [5, 5.41) is 10.4. The number of aryl methyl sites for hydroxylation is 1. The van der Waals surface area contributed by atoms with Crippen LogP contribution in [0.25, 0.3) is 0 Å². The molecule has 28 heavy (non-hydrogen) atoms. The molecular formula is C23H30O5. The Morgan fingerprint density at radius 1 is 1.25 bits per heavy atom. The zero-order valence-corrected chi connectivity index (χ0v) is 16.2. The van der Waals surface area contributed by atoms with E-state index in [9.17, 15) is 9.90 Å². The first-order valence-electron chi connectivity index (χ1n) is 10.6. The molecule has 152 valence electrons. The maximum Gasteiger partial charge on any atom is 0.306 e. The molecule has 5 heteroatoms. The van der Waals surface area contributed by atoms with E-state index < -0.39 is 6.10 Å². The van der Waals surface area contributed by atoms with Crippen LogP contribution in [0.5, 0.6) is 0 Å². The molecular weight excluding hydrogens is 356 g/mol. The van der Waals surface area contributed by atoms with E-state index in [0.29, 0.717) is 12.8 Å². The second-order valence-electron chi connectivity index (χ2n) is 8.16.